The molecule has 0 fully saturated rings. The molecule has 0 saturated carbocycles. The molecule has 0 aliphatic heterocycles. The monoisotopic (exact) mass is 272 g/mol. The van der Waals surface area contributed by atoms with Gasteiger partial charge in [0.15, 0.2) is 5.43 Å². The third-order valence-electron chi connectivity index (χ3n) is 2.46. The Kier molecular flexibility index (Phi) is 3.80. The number of primary amides is 1. The first-order valence-electron chi connectivity index (χ1n) is 5.71. The van der Waals surface area contributed by atoms with Crippen LogP contribution in [0, 0.1) is 0 Å². The molecule has 102 valence electrons. The topological polar surface area (TPSA) is 117 Å². The van der Waals surface area contributed by atoms with Crippen molar-refractivity contribution in [2.75, 3.05) is 10.6 Å². The Bertz CT molecular complexity index is 709. The second-order valence-corrected chi connectivity index (χ2v) is 3.95. The lowest BCUT2D eigenvalue weighted by Crippen LogP contribution is -2.21. The van der Waals surface area contributed by atoms with Gasteiger partial charge in [-0.1, -0.05) is 6.07 Å². The lowest BCUT2D eigenvalue weighted by Gasteiger charge is -2.07. The number of aromatic amines is 1. The van der Waals surface area contributed by atoms with Gasteiger partial charge in [-0.3, -0.25) is 9.59 Å². The van der Waals surface area contributed by atoms with Gasteiger partial charge in [-0.25, -0.2) is 4.79 Å². The fraction of sp³-hybridized carbons (Fsp3) is 0. The standard InChI is InChI=1S/C13H12N4O3/c14-13(20)17-9-3-1-2-8(6-9)16-12(19)10-7-15-5-4-11(10)18/h1-7H,(H,15,18)(H,16,19)(H3,14,17,20). The van der Waals surface area contributed by atoms with Crippen LogP contribution >= 0.6 is 0 Å². The number of aromatic nitrogens is 1. The number of hydrogen-bond acceptors (Lipinski definition) is 3. The first kappa shape index (κ1) is 13.3. The minimum Gasteiger partial charge on any atom is -0.367 e. The molecule has 0 aliphatic carbocycles. The third kappa shape index (κ3) is 3.22. The fourth-order valence-corrected chi connectivity index (χ4v) is 1.61. The highest BCUT2D eigenvalue weighted by atomic mass is 16.2. The van der Waals surface area contributed by atoms with E-state index in [0.29, 0.717) is 11.4 Å². The minimum absolute atomic E-state index is 0.000707. The normalized spacial score (nSPS) is 9.80. The number of carbonyl (C=O) groups is 2. The van der Waals surface area contributed by atoms with Crippen molar-refractivity contribution in [3.63, 3.8) is 0 Å². The minimum atomic E-state index is -0.701. The summed E-state index contributed by atoms with van der Waals surface area (Å²) < 4.78 is 0. The van der Waals surface area contributed by atoms with Crippen molar-refractivity contribution in [1.82, 2.24) is 4.98 Å². The molecule has 1 heterocycles. The number of nitrogens with two attached hydrogens (primary N) is 1. The van der Waals surface area contributed by atoms with E-state index >= 15 is 0 Å². The molecular formula is C13H12N4O3. The Hall–Kier alpha value is -3.09. The van der Waals surface area contributed by atoms with E-state index in [-0.39, 0.29) is 11.0 Å². The van der Waals surface area contributed by atoms with Crippen LogP contribution in [0.1, 0.15) is 10.4 Å². The summed E-state index contributed by atoms with van der Waals surface area (Å²) in [6.07, 6.45) is 2.76. The summed E-state index contributed by atoms with van der Waals surface area (Å²) in [5, 5.41) is 4.95. The Balaban J connectivity index is 2.18. The lowest BCUT2D eigenvalue weighted by molar-refractivity contribution is 0.102. The zero-order valence-electron chi connectivity index (χ0n) is 10.3. The van der Waals surface area contributed by atoms with Crippen LogP contribution in [0.25, 0.3) is 0 Å². The highest BCUT2D eigenvalue weighted by Crippen LogP contribution is 2.15. The number of rotatable bonds is 3. The molecule has 7 heteroatoms. The first-order chi connectivity index (χ1) is 9.56. The van der Waals surface area contributed by atoms with Crippen LogP contribution in [0.15, 0.2) is 47.5 Å². The number of hydrogen-bond donors (Lipinski definition) is 4. The van der Waals surface area contributed by atoms with Gasteiger partial charge in [0.25, 0.3) is 5.91 Å². The largest absolute Gasteiger partial charge is 0.367 e. The summed E-state index contributed by atoms with van der Waals surface area (Å²) in [6, 6.07) is 6.97. The van der Waals surface area contributed by atoms with Crippen LogP contribution in [-0.2, 0) is 0 Å². The Morgan fingerprint density at radius 2 is 1.80 bits per heavy atom. The van der Waals surface area contributed by atoms with E-state index in [1.54, 1.807) is 18.2 Å². The summed E-state index contributed by atoms with van der Waals surface area (Å²) in [5.74, 6) is -0.539. The molecule has 0 bridgehead atoms. The average molecular weight is 272 g/mol. The maximum atomic E-state index is 11.9. The van der Waals surface area contributed by atoms with Gasteiger partial charge in [-0.2, -0.15) is 0 Å². The molecule has 3 amide bonds. The fourth-order valence-electron chi connectivity index (χ4n) is 1.61. The van der Waals surface area contributed by atoms with Gasteiger partial charge in [0.05, 0.1) is 0 Å². The molecule has 0 spiro atoms. The van der Waals surface area contributed by atoms with Crippen molar-refractivity contribution >= 4 is 23.3 Å². The second kappa shape index (κ2) is 5.70. The van der Waals surface area contributed by atoms with Crippen LogP contribution in [0.5, 0.6) is 0 Å². The van der Waals surface area contributed by atoms with E-state index in [1.165, 1.54) is 24.5 Å². The highest BCUT2D eigenvalue weighted by Gasteiger charge is 2.10. The smallest absolute Gasteiger partial charge is 0.316 e. The van der Waals surface area contributed by atoms with E-state index in [4.69, 9.17) is 5.73 Å². The Morgan fingerprint density at radius 1 is 1.10 bits per heavy atom. The number of amides is 3. The summed E-state index contributed by atoms with van der Waals surface area (Å²) in [4.78, 5) is 36.9. The molecule has 1 aromatic carbocycles. The Morgan fingerprint density at radius 3 is 2.45 bits per heavy atom. The van der Waals surface area contributed by atoms with Crippen LogP contribution in [0.2, 0.25) is 0 Å². The zero-order valence-corrected chi connectivity index (χ0v) is 10.3. The molecule has 0 radical (unpaired) electrons. The molecule has 5 N–H and O–H groups in total. The van der Waals surface area contributed by atoms with E-state index in [9.17, 15) is 14.4 Å². The van der Waals surface area contributed by atoms with Crippen molar-refractivity contribution in [1.29, 1.82) is 0 Å². The SMILES string of the molecule is NC(=O)Nc1cccc(NC(=O)c2c[nH]ccc2=O)c1. The lowest BCUT2D eigenvalue weighted by atomic mass is 10.2. The van der Waals surface area contributed by atoms with Crippen LogP contribution in [-0.4, -0.2) is 16.9 Å². The molecule has 0 saturated heterocycles. The molecule has 20 heavy (non-hydrogen) atoms. The van der Waals surface area contributed by atoms with Gasteiger partial charge in [0.2, 0.25) is 0 Å². The molecule has 0 aliphatic rings. The van der Waals surface area contributed by atoms with Gasteiger partial charge < -0.3 is 21.4 Å². The second-order valence-electron chi connectivity index (χ2n) is 3.95. The number of H-pyrrole nitrogens is 1. The maximum Gasteiger partial charge on any atom is 0.316 e. The average Bonchev–Trinajstić information content (AvgIpc) is 2.38. The molecule has 7 nitrogen and oxygen atoms in total. The summed E-state index contributed by atoms with van der Waals surface area (Å²) in [5.41, 5.74) is 5.50. The molecule has 2 aromatic rings. The van der Waals surface area contributed by atoms with Crippen molar-refractivity contribution in [3.05, 3.63) is 58.5 Å². The predicted octanol–water partition coefficient (Wildman–Crippen LogP) is 1.12. The number of carbonyl (C=O) groups excluding carboxylic acids is 2. The summed E-state index contributed by atoms with van der Waals surface area (Å²) in [6.45, 7) is 0. The molecular weight excluding hydrogens is 260 g/mol. The molecule has 2 rings (SSSR count). The van der Waals surface area contributed by atoms with E-state index in [1.807, 2.05) is 0 Å². The van der Waals surface area contributed by atoms with Gasteiger partial charge >= 0.3 is 6.03 Å². The van der Waals surface area contributed by atoms with E-state index in [0.717, 1.165) is 0 Å². The van der Waals surface area contributed by atoms with Crippen LogP contribution in [0.4, 0.5) is 16.2 Å². The third-order valence-corrected chi connectivity index (χ3v) is 2.46. The van der Waals surface area contributed by atoms with Crippen LogP contribution < -0.4 is 21.8 Å². The molecule has 0 unspecified atom stereocenters. The van der Waals surface area contributed by atoms with Crippen LogP contribution in [0.3, 0.4) is 0 Å². The van der Waals surface area contributed by atoms with Gasteiger partial charge in [0, 0.05) is 29.8 Å². The van der Waals surface area contributed by atoms with Gasteiger partial charge in [-0.05, 0) is 18.2 Å². The Labute approximate surface area is 113 Å². The predicted molar refractivity (Wildman–Crippen MR) is 74.7 cm³/mol. The van der Waals surface area contributed by atoms with E-state index in [2.05, 4.69) is 15.6 Å². The number of urea groups is 1. The molecule has 0 atom stereocenters. The van der Waals surface area contributed by atoms with Crippen molar-refractivity contribution in [2.45, 2.75) is 0 Å². The number of benzene rings is 1. The quantitative estimate of drug-likeness (QED) is 0.670. The maximum absolute atomic E-state index is 11.9. The summed E-state index contributed by atoms with van der Waals surface area (Å²) in [7, 11) is 0. The van der Waals surface area contributed by atoms with Gasteiger partial charge in [-0.15, -0.1) is 0 Å². The van der Waals surface area contributed by atoms with Crippen molar-refractivity contribution < 1.29 is 9.59 Å². The number of nitrogens with one attached hydrogen (secondary N) is 3. The van der Waals surface area contributed by atoms with Crippen molar-refractivity contribution in [3.8, 4) is 0 Å². The first-order valence-corrected chi connectivity index (χ1v) is 5.71. The highest BCUT2D eigenvalue weighted by molar-refractivity contribution is 6.04. The zero-order chi connectivity index (χ0) is 14.5. The van der Waals surface area contributed by atoms with Crippen molar-refractivity contribution in [2.24, 2.45) is 5.73 Å². The number of anilines is 2. The summed E-state index contributed by atoms with van der Waals surface area (Å²) >= 11 is 0. The van der Waals surface area contributed by atoms with E-state index < -0.39 is 11.9 Å². The molecule has 1 aromatic heterocycles. The number of pyridine rings is 1. The van der Waals surface area contributed by atoms with Gasteiger partial charge in [0.1, 0.15) is 5.56 Å².